The number of aromatic nitrogens is 1. The number of piperazine rings is 1. The summed E-state index contributed by atoms with van der Waals surface area (Å²) in [6.45, 7) is 0.978. The zero-order valence-corrected chi connectivity index (χ0v) is 10.9. The first-order valence-electron chi connectivity index (χ1n) is 5.73. The van der Waals surface area contributed by atoms with Crippen molar-refractivity contribution in [3.05, 3.63) is 22.8 Å². The Balaban J connectivity index is 2.34. The highest BCUT2D eigenvalue weighted by molar-refractivity contribution is 6.33. The molecule has 0 saturated carbocycles. The molecule has 0 spiro atoms. The summed E-state index contributed by atoms with van der Waals surface area (Å²) in [5.41, 5.74) is -0.965. The maximum atomic E-state index is 12.5. The minimum absolute atomic E-state index is 0.0496. The van der Waals surface area contributed by atoms with Crippen LogP contribution in [0, 0.1) is 0 Å². The molecule has 0 unspecified atom stereocenters. The number of aliphatic carboxylic acids is 1. The molecule has 9 heteroatoms. The molecule has 20 heavy (non-hydrogen) atoms. The number of hydrogen-bond acceptors (Lipinski definition) is 4. The van der Waals surface area contributed by atoms with E-state index in [4.69, 9.17) is 16.7 Å². The lowest BCUT2D eigenvalue weighted by atomic mass is 10.2. The van der Waals surface area contributed by atoms with E-state index >= 15 is 0 Å². The minimum Gasteiger partial charge on any atom is -0.480 e. The summed E-state index contributed by atoms with van der Waals surface area (Å²) >= 11 is 5.82. The molecule has 2 heterocycles. The van der Waals surface area contributed by atoms with Gasteiger partial charge in [-0.2, -0.15) is 13.2 Å². The van der Waals surface area contributed by atoms with Gasteiger partial charge in [0, 0.05) is 25.8 Å². The van der Waals surface area contributed by atoms with Gasteiger partial charge in [0.15, 0.2) is 0 Å². The van der Waals surface area contributed by atoms with Crippen molar-refractivity contribution in [3.8, 4) is 0 Å². The molecule has 1 aromatic heterocycles. The Morgan fingerprint density at radius 1 is 1.55 bits per heavy atom. The fraction of sp³-hybridized carbons (Fsp3) is 0.455. The summed E-state index contributed by atoms with van der Waals surface area (Å²) in [6.07, 6.45) is -3.88. The Morgan fingerprint density at radius 2 is 2.25 bits per heavy atom. The first-order chi connectivity index (χ1) is 9.30. The van der Waals surface area contributed by atoms with Gasteiger partial charge < -0.3 is 15.3 Å². The van der Waals surface area contributed by atoms with E-state index in [1.54, 1.807) is 0 Å². The lowest BCUT2D eigenvalue weighted by Crippen LogP contribution is -2.55. The van der Waals surface area contributed by atoms with Crippen LogP contribution in [0.1, 0.15) is 5.56 Å². The van der Waals surface area contributed by atoms with Crippen LogP contribution in [0.3, 0.4) is 0 Å². The number of hydrogen-bond donors (Lipinski definition) is 2. The van der Waals surface area contributed by atoms with E-state index in [2.05, 4.69) is 10.3 Å². The van der Waals surface area contributed by atoms with Gasteiger partial charge in [-0.25, -0.2) is 9.78 Å². The maximum absolute atomic E-state index is 12.5. The molecule has 5 nitrogen and oxygen atoms in total. The summed E-state index contributed by atoms with van der Waals surface area (Å²) in [7, 11) is 0. The van der Waals surface area contributed by atoms with Crippen molar-refractivity contribution in [2.45, 2.75) is 12.2 Å². The highest BCUT2D eigenvalue weighted by Crippen LogP contribution is 2.34. The largest absolute Gasteiger partial charge is 0.480 e. The van der Waals surface area contributed by atoms with Crippen molar-refractivity contribution in [2.75, 3.05) is 24.5 Å². The molecule has 2 N–H and O–H groups in total. The van der Waals surface area contributed by atoms with E-state index in [-0.39, 0.29) is 17.4 Å². The topological polar surface area (TPSA) is 65.5 Å². The van der Waals surface area contributed by atoms with Gasteiger partial charge in [-0.3, -0.25) is 0 Å². The molecule has 110 valence electrons. The van der Waals surface area contributed by atoms with Gasteiger partial charge in [0.25, 0.3) is 0 Å². The number of nitrogens with zero attached hydrogens (tertiary/aromatic N) is 2. The third-order valence-corrected chi connectivity index (χ3v) is 3.23. The van der Waals surface area contributed by atoms with Crippen molar-refractivity contribution >= 4 is 23.4 Å². The number of nitrogens with one attached hydrogen (secondary N) is 1. The zero-order valence-electron chi connectivity index (χ0n) is 10.1. The number of carboxylic acid groups (broad SMARTS) is 1. The first-order valence-corrected chi connectivity index (χ1v) is 6.11. The molecular weight excluding hydrogens is 299 g/mol. The lowest BCUT2D eigenvalue weighted by Gasteiger charge is -2.34. The summed E-state index contributed by atoms with van der Waals surface area (Å²) in [5, 5.41) is 11.8. The van der Waals surface area contributed by atoms with Crippen LogP contribution in [-0.4, -0.2) is 41.7 Å². The number of carbonyl (C=O) groups is 1. The molecule has 2 rings (SSSR count). The second-order valence-electron chi connectivity index (χ2n) is 4.28. The molecule has 0 aliphatic carbocycles. The van der Waals surface area contributed by atoms with Gasteiger partial charge in [0.1, 0.15) is 11.9 Å². The van der Waals surface area contributed by atoms with Gasteiger partial charge in [-0.05, 0) is 6.07 Å². The summed E-state index contributed by atoms with van der Waals surface area (Å²) in [4.78, 5) is 16.2. The summed E-state index contributed by atoms with van der Waals surface area (Å²) in [6, 6.07) is -0.157. The highest BCUT2D eigenvalue weighted by Gasteiger charge is 2.34. The van der Waals surface area contributed by atoms with Crippen molar-refractivity contribution in [1.82, 2.24) is 10.3 Å². The third-order valence-electron chi connectivity index (χ3n) is 2.95. The molecule has 1 aliphatic rings. The number of pyridine rings is 1. The Hall–Kier alpha value is -1.54. The number of carboxylic acids is 1. The fourth-order valence-electron chi connectivity index (χ4n) is 1.98. The average molecular weight is 310 g/mol. The summed E-state index contributed by atoms with van der Waals surface area (Å²) < 4.78 is 37.6. The van der Waals surface area contributed by atoms with Gasteiger partial charge in [-0.15, -0.1) is 0 Å². The quantitative estimate of drug-likeness (QED) is 0.869. The van der Waals surface area contributed by atoms with Crippen LogP contribution in [0.4, 0.5) is 19.0 Å². The first kappa shape index (κ1) is 14.9. The molecule has 1 atom stereocenters. The van der Waals surface area contributed by atoms with E-state index in [1.165, 1.54) is 4.90 Å². The normalized spacial score (nSPS) is 20.0. The van der Waals surface area contributed by atoms with E-state index < -0.39 is 23.8 Å². The van der Waals surface area contributed by atoms with Gasteiger partial charge >= 0.3 is 12.1 Å². The van der Waals surface area contributed by atoms with Gasteiger partial charge in [0.05, 0.1) is 10.6 Å². The molecule has 1 aromatic rings. The Morgan fingerprint density at radius 3 is 2.80 bits per heavy atom. The van der Waals surface area contributed by atoms with E-state index in [1.807, 2.05) is 0 Å². The molecule has 1 fully saturated rings. The molecule has 0 aromatic carbocycles. The Kier molecular flexibility index (Phi) is 4.05. The molecular formula is C11H11ClF3N3O2. The third kappa shape index (κ3) is 2.96. The maximum Gasteiger partial charge on any atom is 0.417 e. The Labute approximate surface area is 117 Å². The van der Waals surface area contributed by atoms with Crippen molar-refractivity contribution in [1.29, 1.82) is 0 Å². The molecule has 1 aliphatic heterocycles. The molecule has 0 radical (unpaired) electrons. The standard InChI is InChI=1S/C11H11ClF3N3O2/c12-7-3-6(11(13,14)15)4-17-9(7)18-2-1-16-5-8(18)10(19)20/h3-4,8,16H,1-2,5H2,(H,19,20)/t8-/m0/s1. The minimum atomic E-state index is -4.54. The second kappa shape index (κ2) is 5.45. The van der Waals surface area contributed by atoms with Crippen molar-refractivity contribution < 1.29 is 23.1 Å². The van der Waals surface area contributed by atoms with Crippen LogP contribution in [0.2, 0.25) is 5.02 Å². The number of halogens is 4. The predicted octanol–water partition coefficient (Wildman–Crippen LogP) is 1.62. The molecule has 1 saturated heterocycles. The Bertz CT molecular complexity index is 524. The van der Waals surface area contributed by atoms with E-state index in [9.17, 15) is 18.0 Å². The van der Waals surface area contributed by atoms with Crippen LogP contribution in [0.25, 0.3) is 0 Å². The van der Waals surface area contributed by atoms with E-state index in [0.717, 1.165) is 6.07 Å². The van der Waals surface area contributed by atoms with Crippen molar-refractivity contribution in [2.24, 2.45) is 0 Å². The van der Waals surface area contributed by atoms with Gasteiger partial charge in [0.2, 0.25) is 0 Å². The number of alkyl halides is 3. The number of rotatable bonds is 2. The number of anilines is 1. The zero-order chi connectivity index (χ0) is 14.9. The smallest absolute Gasteiger partial charge is 0.417 e. The molecule has 0 bridgehead atoms. The fourth-order valence-corrected chi connectivity index (χ4v) is 2.25. The van der Waals surface area contributed by atoms with Crippen LogP contribution in [0.5, 0.6) is 0 Å². The van der Waals surface area contributed by atoms with E-state index in [0.29, 0.717) is 19.3 Å². The SMILES string of the molecule is O=C(O)[C@@H]1CNCCN1c1ncc(C(F)(F)F)cc1Cl. The van der Waals surface area contributed by atoms with Crippen LogP contribution < -0.4 is 10.2 Å². The highest BCUT2D eigenvalue weighted by atomic mass is 35.5. The second-order valence-corrected chi connectivity index (χ2v) is 4.69. The molecule has 0 amide bonds. The van der Waals surface area contributed by atoms with Crippen LogP contribution in [-0.2, 0) is 11.0 Å². The predicted molar refractivity (Wildman–Crippen MR) is 65.9 cm³/mol. The lowest BCUT2D eigenvalue weighted by molar-refractivity contribution is -0.139. The monoisotopic (exact) mass is 309 g/mol. The van der Waals surface area contributed by atoms with Crippen molar-refractivity contribution in [3.63, 3.8) is 0 Å². The average Bonchev–Trinajstić information content (AvgIpc) is 2.37. The summed E-state index contributed by atoms with van der Waals surface area (Å²) in [5.74, 6) is -1.04. The van der Waals surface area contributed by atoms with Crippen LogP contribution >= 0.6 is 11.6 Å². The van der Waals surface area contributed by atoms with Crippen LogP contribution in [0.15, 0.2) is 12.3 Å². The van der Waals surface area contributed by atoms with Gasteiger partial charge in [-0.1, -0.05) is 11.6 Å².